The molecule has 0 radical (unpaired) electrons. The van der Waals surface area contributed by atoms with Crippen LogP contribution in [0.5, 0.6) is 5.75 Å². The number of nitrogens with zero attached hydrogens (tertiary/aromatic N) is 1. The van der Waals surface area contributed by atoms with E-state index in [2.05, 4.69) is 36.2 Å². The second-order valence-electron chi connectivity index (χ2n) is 6.50. The van der Waals surface area contributed by atoms with Gasteiger partial charge in [-0.1, -0.05) is 44.0 Å². The lowest BCUT2D eigenvalue weighted by Crippen LogP contribution is -2.10. The van der Waals surface area contributed by atoms with Gasteiger partial charge in [0.1, 0.15) is 0 Å². The van der Waals surface area contributed by atoms with Gasteiger partial charge in [-0.15, -0.1) is 0 Å². The summed E-state index contributed by atoms with van der Waals surface area (Å²) < 4.78 is 19.1. The monoisotopic (exact) mass is 313 g/mol. The van der Waals surface area contributed by atoms with Crippen LogP contribution in [0.4, 0.5) is 4.39 Å². The highest BCUT2D eigenvalue weighted by Gasteiger charge is 2.19. The van der Waals surface area contributed by atoms with Crippen LogP contribution in [0.25, 0.3) is 11.3 Å². The van der Waals surface area contributed by atoms with Gasteiger partial charge in [-0.3, -0.25) is 0 Å². The number of hydrogen-bond acceptors (Lipinski definition) is 2. The summed E-state index contributed by atoms with van der Waals surface area (Å²) in [4.78, 5) is 4.02. The van der Waals surface area contributed by atoms with Crippen molar-refractivity contribution < 1.29 is 9.13 Å². The predicted molar refractivity (Wildman–Crippen MR) is 91.2 cm³/mol. The molecule has 23 heavy (non-hydrogen) atoms. The Morgan fingerprint density at radius 1 is 1.04 bits per heavy atom. The fourth-order valence-electron chi connectivity index (χ4n) is 3.36. The summed E-state index contributed by atoms with van der Waals surface area (Å²) in [6.07, 6.45) is 5.18. The normalized spacial score (nSPS) is 21.2. The van der Waals surface area contributed by atoms with Crippen molar-refractivity contribution >= 4 is 0 Å². The molecule has 0 N–H and O–H groups in total. The van der Waals surface area contributed by atoms with Gasteiger partial charge in [0.2, 0.25) is 0 Å². The van der Waals surface area contributed by atoms with E-state index in [1.165, 1.54) is 31.2 Å². The molecule has 0 spiro atoms. The first-order valence-electron chi connectivity index (χ1n) is 8.57. The van der Waals surface area contributed by atoms with E-state index in [0.29, 0.717) is 18.2 Å². The van der Waals surface area contributed by atoms with Crippen LogP contribution in [0.1, 0.15) is 51.0 Å². The van der Waals surface area contributed by atoms with Gasteiger partial charge in [0.25, 0.3) is 5.95 Å². The Morgan fingerprint density at radius 2 is 1.74 bits per heavy atom. The first-order chi connectivity index (χ1) is 11.2. The van der Waals surface area contributed by atoms with Crippen LogP contribution in [0.15, 0.2) is 36.4 Å². The zero-order valence-corrected chi connectivity index (χ0v) is 13.9. The Morgan fingerprint density at radius 3 is 2.35 bits per heavy atom. The number of halogens is 1. The van der Waals surface area contributed by atoms with Gasteiger partial charge in [-0.05, 0) is 49.3 Å². The highest BCUT2D eigenvalue weighted by atomic mass is 19.1. The van der Waals surface area contributed by atoms with Crippen molar-refractivity contribution in [1.82, 2.24) is 4.98 Å². The standard InChI is InChI=1S/C20H24FNO/c1-3-23-19-13-12-18(22-20(19)21)17-10-8-16(9-11-17)15-6-4-14(2)5-7-15/h8-15H,3-7H2,1-2H3. The van der Waals surface area contributed by atoms with E-state index in [4.69, 9.17) is 4.74 Å². The van der Waals surface area contributed by atoms with Gasteiger partial charge in [0, 0.05) is 5.56 Å². The summed E-state index contributed by atoms with van der Waals surface area (Å²) in [7, 11) is 0. The van der Waals surface area contributed by atoms with Crippen LogP contribution in [0.2, 0.25) is 0 Å². The number of pyridine rings is 1. The molecule has 0 amide bonds. The lowest BCUT2D eigenvalue weighted by molar-refractivity contribution is 0.316. The minimum Gasteiger partial charge on any atom is -0.489 e. The van der Waals surface area contributed by atoms with Crippen molar-refractivity contribution in [1.29, 1.82) is 0 Å². The molecule has 1 aliphatic rings. The molecule has 122 valence electrons. The molecular formula is C20H24FNO. The Bertz CT molecular complexity index is 645. The molecule has 0 unspecified atom stereocenters. The van der Waals surface area contributed by atoms with Crippen LogP contribution < -0.4 is 4.74 Å². The van der Waals surface area contributed by atoms with Crippen molar-refractivity contribution in [3.05, 3.63) is 47.9 Å². The molecule has 2 nitrogen and oxygen atoms in total. The summed E-state index contributed by atoms with van der Waals surface area (Å²) in [5, 5.41) is 0. The fraction of sp³-hybridized carbons (Fsp3) is 0.450. The average molecular weight is 313 g/mol. The van der Waals surface area contributed by atoms with Crippen LogP contribution in [0, 0.1) is 11.9 Å². The van der Waals surface area contributed by atoms with Gasteiger partial charge in [-0.25, -0.2) is 4.98 Å². The van der Waals surface area contributed by atoms with Crippen molar-refractivity contribution in [3.8, 4) is 17.0 Å². The Balaban J connectivity index is 1.75. The average Bonchev–Trinajstić information content (AvgIpc) is 2.58. The van der Waals surface area contributed by atoms with Crippen LogP contribution in [-0.4, -0.2) is 11.6 Å². The third kappa shape index (κ3) is 3.72. The van der Waals surface area contributed by atoms with Crippen molar-refractivity contribution in [2.45, 2.75) is 45.4 Å². The maximum Gasteiger partial charge on any atom is 0.255 e. The lowest BCUT2D eigenvalue weighted by atomic mass is 9.79. The summed E-state index contributed by atoms with van der Waals surface area (Å²) in [6, 6.07) is 11.9. The van der Waals surface area contributed by atoms with E-state index >= 15 is 0 Å². The maximum absolute atomic E-state index is 13.9. The molecule has 1 aromatic heterocycles. The zero-order chi connectivity index (χ0) is 16.2. The topological polar surface area (TPSA) is 22.1 Å². The van der Waals surface area contributed by atoms with E-state index < -0.39 is 5.95 Å². The second kappa shape index (κ2) is 7.12. The fourth-order valence-corrected chi connectivity index (χ4v) is 3.36. The summed E-state index contributed by atoms with van der Waals surface area (Å²) in [6.45, 7) is 4.61. The number of rotatable bonds is 4. The van der Waals surface area contributed by atoms with Crippen molar-refractivity contribution in [3.63, 3.8) is 0 Å². The van der Waals surface area contributed by atoms with Gasteiger partial charge < -0.3 is 4.74 Å². The minimum absolute atomic E-state index is 0.212. The summed E-state index contributed by atoms with van der Waals surface area (Å²) in [5.41, 5.74) is 2.99. The Kier molecular flexibility index (Phi) is 4.94. The van der Waals surface area contributed by atoms with E-state index in [9.17, 15) is 4.39 Å². The number of ether oxygens (including phenoxy) is 1. The van der Waals surface area contributed by atoms with E-state index in [1.807, 2.05) is 13.0 Å². The molecule has 0 aliphatic heterocycles. The van der Waals surface area contributed by atoms with E-state index in [1.54, 1.807) is 6.07 Å². The highest BCUT2D eigenvalue weighted by molar-refractivity contribution is 5.60. The molecular weight excluding hydrogens is 289 g/mol. The molecule has 1 aromatic carbocycles. The quantitative estimate of drug-likeness (QED) is 0.687. The molecule has 1 heterocycles. The molecule has 1 aliphatic carbocycles. The lowest BCUT2D eigenvalue weighted by Gasteiger charge is -2.26. The summed E-state index contributed by atoms with van der Waals surface area (Å²) >= 11 is 0. The summed E-state index contributed by atoms with van der Waals surface area (Å²) in [5.74, 6) is 1.20. The zero-order valence-electron chi connectivity index (χ0n) is 13.9. The van der Waals surface area contributed by atoms with Crippen LogP contribution >= 0.6 is 0 Å². The van der Waals surface area contributed by atoms with Gasteiger partial charge in [-0.2, -0.15) is 4.39 Å². The van der Waals surface area contributed by atoms with E-state index in [0.717, 1.165) is 11.5 Å². The molecule has 3 heteroatoms. The van der Waals surface area contributed by atoms with Crippen LogP contribution in [0.3, 0.4) is 0 Å². The van der Waals surface area contributed by atoms with Gasteiger partial charge in [0.05, 0.1) is 12.3 Å². The molecule has 0 atom stereocenters. The minimum atomic E-state index is -0.547. The molecule has 0 saturated heterocycles. The largest absolute Gasteiger partial charge is 0.489 e. The van der Waals surface area contributed by atoms with Crippen molar-refractivity contribution in [2.75, 3.05) is 6.61 Å². The number of benzene rings is 1. The Hall–Kier alpha value is -1.90. The van der Waals surface area contributed by atoms with E-state index in [-0.39, 0.29) is 5.75 Å². The highest BCUT2D eigenvalue weighted by Crippen LogP contribution is 2.36. The first kappa shape index (κ1) is 16.0. The number of hydrogen-bond donors (Lipinski definition) is 0. The van der Waals surface area contributed by atoms with Crippen LogP contribution in [-0.2, 0) is 0 Å². The third-order valence-corrected chi connectivity index (χ3v) is 4.81. The predicted octanol–water partition coefficient (Wildman–Crippen LogP) is 5.58. The second-order valence-corrected chi connectivity index (χ2v) is 6.50. The maximum atomic E-state index is 13.9. The first-order valence-corrected chi connectivity index (χ1v) is 8.57. The number of aromatic nitrogens is 1. The SMILES string of the molecule is CCOc1ccc(-c2ccc(C3CCC(C)CC3)cc2)nc1F. The molecule has 3 rings (SSSR count). The molecule has 1 saturated carbocycles. The molecule has 1 fully saturated rings. The van der Waals surface area contributed by atoms with Crippen molar-refractivity contribution in [2.24, 2.45) is 5.92 Å². The molecule has 0 bridgehead atoms. The molecule has 2 aromatic rings. The third-order valence-electron chi connectivity index (χ3n) is 4.81. The van der Waals surface area contributed by atoms with Gasteiger partial charge in [0.15, 0.2) is 5.75 Å². The smallest absolute Gasteiger partial charge is 0.255 e. The Labute approximate surface area is 137 Å². The van der Waals surface area contributed by atoms with Gasteiger partial charge >= 0.3 is 0 Å².